The van der Waals surface area contributed by atoms with Crippen molar-refractivity contribution in [2.45, 2.75) is 31.7 Å². The van der Waals surface area contributed by atoms with Crippen LogP contribution in [0.2, 0.25) is 0 Å². The van der Waals surface area contributed by atoms with Gasteiger partial charge in [0.25, 0.3) is 0 Å². The van der Waals surface area contributed by atoms with E-state index in [2.05, 4.69) is 9.62 Å². The van der Waals surface area contributed by atoms with Gasteiger partial charge >= 0.3 is 0 Å². The van der Waals surface area contributed by atoms with E-state index in [1.165, 1.54) is 36.4 Å². The van der Waals surface area contributed by atoms with Crippen molar-refractivity contribution in [3.05, 3.63) is 95.3 Å². The van der Waals surface area contributed by atoms with Gasteiger partial charge in [0.05, 0.1) is 4.90 Å². The molecule has 3 aromatic carbocycles. The number of carbonyl (C=O) groups is 1. The van der Waals surface area contributed by atoms with E-state index in [-0.39, 0.29) is 10.5 Å². The number of carbonyl (C=O) groups excluding carboxylic acids is 1. The summed E-state index contributed by atoms with van der Waals surface area (Å²) in [6.07, 6.45) is 0. The van der Waals surface area contributed by atoms with Crippen LogP contribution in [-0.2, 0) is 10.0 Å². The fourth-order valence-corrected chi connectivity index (χ4v) is 4.64. The molecular formula is C25H27FN2O3S. The molecule has 0 aliphatic rings. The molecule has 0 spiro atoms. The minimum absolute atomic E-state index is 0.0692. The normalized spacial score (nSPS) is 12.4. The van der Waals surface area contributed by atoms with E-state index in [0.29, 0.717) is 5.56 Å². The number of benzene rings is 3. The largest absolute Gasteiger partial charge is 0.372 e. The average molecular weight is 455 g/mol. The minimum atomic E-state index is -3.98. The molecule has 0 fully saturated rings. The monoisotopic (exact) mass is 454 g/mol. The molecule has 0 saturated carbocycles. The molecule has 5 nitrogen and oxygen atoms in total. The predicted octanol–water partition coefficient (Wildman–Crippen LogP) is 4.88. The van der Waals surface area contributed by atoms with Crippen molar-refractivity contribution in [1.29, 1.82) is 0 Å². The van der Waals surface area contributed by atoms with Gasteiger partial charge in [-0.15, -0.1) is 0 Å². The lowest BCUT2D eigenvalue weighted by Gasteiger charge is -2.23. The van der Waals surface area contributed by atoms with Gasteiger partial charge < -0.3 is 4.90 Å². The van der Waals surface area contributed by atoms with Gasteiger partial charge in [-0.2, -0.15) is 4.72 Å². The Balaban J connectivity index is 2.00. The average Bonchev–Trinajstić information content (AvgIpc) is 2.79. The quantitative estimate of drug-likeness (QED) is 0.468. The smallest absolute Gasteiger partial charge is 0.241 e. The van der Waals surface area contributed by atoms with Crippen LogP contribution in [0.3, 0.4) is 0 Å². The van der Waals surface area contributed by atoms with Crippen LogP contribution in [0.1, 0.15) is 41.4 Å². The third kappa shape index (κ3) is 5.41. The first kappa shape index (κ1) is 23.6. The number of ketones is 1. The van der Waals surface area contributed by atoms with E-state index in [4.69, 9.17) is 0 Å². The highest BCUT2D eigenvalue weighted by molar-refractivity contribution is 7.89. The molecule has 3 rings (SSSR count). The molecule has 0 aliphatic carbocycles. The number of Topliss-reactive ketones (excluding diaryl/α,β-unsaturated/α-hetero) is 1. The summed E-state index contributed by atoms with van der Waals surface area (Å²) in [5, 5.41) is 0. The molecule has 0 bridgehead atoms. The van der Waals surface area contributed by atoms with Crippen LogP contribution in [0.5, 0.6) is 0 Å². The van der Waals surface area contributed by atoms with E-state index in [1.807, 2.05) is 32.9 Å². The lowest BCUT2D eigenvalue weighted by molar-refractivity contribution is 0.0953. The summed E-state index contributed by atoms with van der Waals surface area (Å²) < 4.78 is 42.0. The van der Waals surface area contributed by atoms with Crippen molar-refractivity contribution in [2.24, 2.45) is 0 Å². The Bertz CT molecular complexity index is 1160. The molecule has 7 heteroatoms. The van der Waals surface area contributed by atoms with Gasteiger partial charge in [0.1, 0.15) is 11.9 Å². The number of hydrogen-bond acceptors (Lipinski definition) is 4. The van der Waals surface area contributed by atoms with Crippen molar-refractivity contribution in [3.8, 4) is 0 Å². The first-order chi connectivity index (χ1) is 15.2. The summed E-state index contributed by atoms with van der Waals surface area (Å²) in [7, 11) is -3.98. The van der Waals surface area contributed by atoms with Crippen LogP contribution in [0, 0.1) is 12.7 Å². The fourth-order valence-electron chi connectivity index (χ4n) is 3.46. The van der Waals surface area contributed by atoms with Crippen LogP contribution in [0.15, 0.2) is 77.7 Å². The third-order valence-electron chi connectivity index (χ3n) is 5.35. The SMILES string of the molecule is CCN(CC)c1ccc(C(NS(=O)(=O)c2ccc(C)cc2)C(=O)c2ccc(F)cc2)cc1. The van der Waals surface area contributed by atoms with Gasteiger partial charge in [0.2, 0.25) is 10.0 Å². The van der Waals surface area contributed by atoms with Gasteiger partial charge in [0, 0.05) is 24.3 Å². The predicted molar refractivity (Wildman–Crippen MR) is 125 cm³/mol. The van der Waals surface area contributed by atoms with Crippen LogP contribution >= 0.6 is 0 Å². The van der Waals surface area contributed by atoms with Crippen molar-refractivity contribution >= 4 is 21.5 Å². The summed E-state index contributed by atoms with van der Waals surface area (Å²) in [6, 6.07) is 17.6. The summed E-state index contributed by atoms with van der Waals surface area (Å²) >= 11 is 0. The molecule has 1 unspecified atom stereocenters. The summed E-state index contributed by atoms with van der Waals surface area (Å²) in [5.74, 6) is -0.932. The standard InChI is InChI=1S/C25H27FN2O3S/c1-4-28(5-2)22-14-10-19(11-15-22)24(25(29)20-8-12-21(26)13-9-20)27-32(30,31)23-16-6-18(3)7-17-23/h6-17,24,27H,4-5H2,1-3H3. The second-order valence-electron chi connectivity index (χ2n) is 7.50. The maximum atomic E-state index is 13.4. The van der Waals surface area contributed by atoms with E-state index in [9.17, 15) is 17.6 Å². The number of sulfonamides is 1. The number of hydrogen-bond donors (Lipinski definition) is 1. The number of anilines is 1. The highest BCUT2D eigenvalue weighted by Gasteiger charge is 2.28. The third-order valence-corrected chi connectivity index (χ3v) is 6.79. The second-order valence-corrected chi connectivity index (χ2v) is 9.22. The van der Waals surface area contributed by atoms with Crippen molar-refractivity contribution < 1.29 is 17.6 Å². The number of rotatable bonds is 9. The summed E-state index contributed by atoms with van der Waals surface area (Å²) in [6.45, 7) is 7.62. The van der Waals surface area contributed by atoms with E-state index in [1.54, 1.807) is 24.3 Å². The van der Waals surface area contributed by atoms with Gasteiger partial charge in [-0.1, -0.05) is 29.8 Å². The molecule has 0 heterocycles. The van der Waals surface area contributed by atoms with Crippen molar-refractivity contribution in [1.82, 2.24) is 4.72 Å². The Hall–Kier alpha value is -3.03. The first-order valence-electron chi connectivity index (χ1n) is 10.5. The maximum Gasteiger partial charge on any atom is 0.241 e. The first-order valence-corrected chi connectivity index (χ1v) is 12.0. The molecule has 0 saturated heterocycles. The molecule has 0 amide bonds. The Morgan fingerprint density at radius 3 is 2.00 bits per heavy atom. The summed E-state index contributed by atoms with van der Waals surface area (Å²) in [4.78, 5) is 15.5. The fraction of sp³-hybridized carbons (Fsp3) is 0.240. The van der Waals surface area contributed by atoms with Gasteiger partial charge in [0.15, 0.2) is 5.78 Å². The molecule has 3 aromatic rings. The van der Waals surface area contributed by atoms with Crippen molar-refractivity contribution in [3.63, 3.8) is 0 Å². The maximum absolute atomic E-state index is 13.4. The Morgan fingerprint density at radius 1 is 0.906 bits per heavy atom. The molecule has 1 N–H and O–H groups in total. The van der Waals surface area contributed by atoms with Crippen molar-refractivity contribution in [2.75, 3.05) is 18.0 Å². The van der Waals surface area contributed by atoms with E-state index < -0.39 is 27.7 Å². The van der Waals surface area contributed by atoms with Gasteiger partial charge in [-0.3, -0.25) is 4.79 Å². The molecule has 0 aliphatic heterocycles. The second kappa shape index (κ2) is 10.1. The molecular weight excluding hydrogens is 427 g/mol. The van der Waals surface area contributed by atoms with E-state index >= 15 is 0 Å². The zero-order valence-corrected chi connectivity index (χ0v) is 19.2. The van der Waals surface area contributed by atoms with Crippen LogP contribution < -0.4 is 9.62 Å². The van der Waals surface area contributed by atoms with E-state index in [0.717, 1.165) is 24.3 Å². The summed E-state index contributed by atoms with van der Waals surface area (Å²) in [5.41, 5.74) is 2.63. The number of aryl methyl sites for hydroxylation is 1. The van der Waals surface area contributed by atoms with Gasteiger partial charge in [-0.25, -0.2) is 12.8 Å². The molecule has 1 atom stereocenters. The zero-order valence-electron chi connectivity index (χ0n) is 18.4. The number of nitrogens with zero attached hydrogens (tertiary/aromatic N) is 1. The topological polar surface area (TPSA) is 66.5 Å². The number of nitrogens with one attached hydrogen (secondary N) is 1. The Labute approximate surface area is 188 Å². The molecule has 168 valence electrons. The lowest BCUT2D eigenvalue weighted by Crippen LogP contribution is -2.34. The lowest BCUT2D eigenvalue weighted by atomic mass is 9.98. The zero-order chi connectivity index (χ0) is 23.3. The Kier molecular flexibility index (Phi) is 7.43. The highest BCUT2D eigenvalue weighted by atomic mass is 32.2. The van der Waals surface area contributed by atoms with Gasteiger partial charge in [-0.05, 0) is 74.9 Å². The number of halogens is 1. The molecule has 0 aromatic heterocycles. The van der Waals surface area contributed by atoms with Crippen LogP contribution in [0.4, 0.5) is 10.1 Å². The molecule has 32 heavy (non-hydrogen) atoms. The highest BCUT2D eigenvalue weighted by Crippen LogP contribution is 2.25. The van der Waals surface area contributed by atoms with Crippen LogP contribution in [0.25, 0.3) is 0 Å². The Morgan fingerprint density at radius 2 is 1.47 bits per heavy atom. The van der Waals surface area contributed by atoms with Crippen LogP contribution in [-0.4, -0.2) is 27.3 Å². The minimum Gasteiger partial charge on any atom is -0.372 e. The molecule has 0 radical (unpaired) electrons.